The molecular formula is H4F4NTi. The SMILES string of the molecule is F.F.F.F.[N].[Ti]. The average Bonchev–Trinajstić information content (AvgIpc) is 0. The van der Waals surface area contributed by atoms with Crippen LogP contribution in [0.1, 0.15) is 0 Å². The molecule has 6 heavy (non-hydrogen) atoms. The molecule has 0 spiro atoms. The summed E-state index contributed by atoms with van der Waals surface area (Å²) in [5, 5.41) is 0. The second-order valence-electron chi connectivity index (χ2n) is 0. The van der Waals surface area contributed by atoms with Gasteiger partial charge in [0.1, 0.15) is 0 Å². The standard InChI is InChI=1S/4FH.N.Ti/h4*1H;;. The topological polar surface area (TPSA) is 30.5 Å². The zero-order valence-electron chi connectivity index (χ0n) is 2.58. The number of halogens is 4. The van der Waals surface area contributed by atoms with Gasteiger partial charge >= 0.3 is 0 Å². The summed E-state index contributed by atoms with van der Waals surface area (Å²) in [6.07, 6.45) is 0. The van der Waals surface area contributed by atoms with E-state index in [9.17, 15) is 0 Å². The molecule has 0 saturated carbocycles. The van der Waals surface area contributed by atoms with Gasteiger partial charge in [-0.05, 0) is 0 Å². The van der Waals surface area contributed by atoms with Gasteiger partial charge in [-0.1, -0.05) is 0 Å². The van der Waals surface area contributed by atoms with Crippen molar-refractivity contribution < 1.29 is 40.5 Å². The Labute approximate surface area is 47.4 Å². The van der Waals surface area contributed by atoms with Crippen LogP contribution >= 0.6 is 0 Å². The Hall–Kier alpha value is 0.394. The van der Waals surface area contributed by atoms with Crippen molar-refractivity contribution in [1.29, 1.82) is 0 Å². The Balaban J connectivity index is 0. The van der Waals surface area contributed by atoms with E-state index in [1.165, 1.54) is 0 Å². The first-order valence-electron chi connectivity index (χ1n) is 0. The normalized spacial score (nSPS) is 0. The number of hydrogen-bond donors (Lipinski definition) is 0. The quantitative estimate of drug-likeness (QED) is 0.340. The molecule has 0 aromatic carbocycles. The summed E-state index contributed by atoms with van der Waals surface area (Å²) in [6, 6.07) is 0. The minimum absolute atomic E-state index is 0. The van der Waals surface area contributed by atoms with E-state index < -0.39 is 0 Å². The van der Waals surface area contributed by atoms with Crippen molar-refractivity contribution in [3.63, 3.8) is 0 Å². The molecule has 0 N–H and O–H groups in total. The molecule has 0 aliphatic carbocycles. The van der Waals surface area contributed by atoms with Crippen LogP contribution < -0.4 is 6.15 Å². The summed E-state index contributed by atoms with van der Waals surface area (Å²) in [5.41, 5.74) is 0. The Morgan fingerprint density at radius 1 is 0.500 bits per heavy atom. The van der Waals surface area contributed by atoms with E-state index in [4.69, 9.17) is 0 Å². The van der Waals surface area contributed by atoms with Crippen LogP contribution in [0, 0.1) is 0 Å². The second kappa shape index (κ2) is 670. The van der Waals surface area contributed by atoms with E-state index in [0.717, 1.165) is 0 Å². The molecule has 41 valence electrons. The molecule has 0 saturated heterocycles. The van der Waals surface area contributed by atoms with Gasteiger partial charge < -0.3 is 0 Å². The Morgan fingerprint density at radius 3 is 0.500 bits per heavy atom. The molecule has 0 aromatic rings. The van der Waals surface area contributed by atoms with E-state index in [0.29, 0.717) is 0 Å². The van der Waals surface area contributed by atoms with Crippen LogP contribution in [0.5, 0.6) is 0 Å². The van der Waals surface area contributed by atoms with Crippen LogP contribution in [0.15, 0.2) is 0 Å². The van der Waals surface area contributed by atoms with Crippen LogP contribution in [0.2, 0.25) is 0 Å². The molecule has 0 amide bonds. The van der Waals surface area contributed by atoms with Crippen molar-refractivity contribution in [3.8, 4) is 0 Å². The summed E-state index contributed by atoms with van der Waals surface area (Å²) >= 11 is 0. The molecule has 0 atom stereocenters. The number of hydrogen-bond acceptors (Lipinski definition) is 0. The predicted molar refractivity (Wildman–Crippen MR) is 12.1 cm³/mol. The third kappa shape index (κ3) is 326. The van der Waals surface area contributed by atoms with Gasteiger partial charge in [0, 0.05) is 27.9 Å². The molecule has 0 rings (SSSR count). The van der Waals surface area contributed by atoms with E-state index in [-0.39, 0.29) is 46.7 Å². The molecule has 0 heterocycles. The summed E-state index contributed by atoms with van der Waals surface area (Å²) in [7, 11) is 0. The van der Waals surface area contributed by atoms with Crippen LogP contribution in [0.4, 0.5) is 18.8 Å². The molecule has 0 unspecified atom stereocenters. The maximum Gasteiger partial charge on any atom is 0 e. The van der Waals surface area contributed by atoms with Crippen molar-refractivity contribution in [2.45, 2.75) is 0 Å². The number of nitrogens with zero attached hydrogens (tertiary/aromatic N) is 1. The first-order chi connectivity index (χ1) is 0. The van der Waals surface area contributed by atoms with Gasteiger partial charge in [-0.25, -0.2) is 0 Å². The van der Waals surface area contributed by atoms with Crippen LogP contribution in [0.25, 0.3) is 0 Å². The van der Waals surface area contributed by atoms with E-state index in [1.807, 2.05) is 0 Å². The molecule has 1 nitrogen and oxygen atoms in total. The van der Waals surface area contributed by atoms with Crippen LogP contribution in [-0.4, -0.2) is 0 Å². The van der Waals surface area contributed by atoms with Gasteiger partial charge in [0.15, 0.2) is 0 Å². The zero-order valence-corrected chi connectivity index (χ0v) is 4.14. The molecule has 0 fully saturated rings. The molecule has 3 radical (unpaired) electrons. The molecular weight excluding hydrogens is 138 g/mol. The maximum absolute atomic E-state index is 0. The first kappa shape index (κ1) is 1200. The van der Waals surface area contributed by atoms with Crippen molar-refractivity contribution in [3.05, 3.63) is 0 Å². The smallest absolute Gasteiger partial charge is 0 e. The Kier molecular flexibility index (Phi) is 134000. The largest absolute Gasteiger partial charge is 0.269 e. The van der Waals surface area contributed by atoms with Crippen LogP contribution in [-0.2, 0) is 21.7 Å². The average molecular weight is 142 g/mol. The van der Waals surface area contributed by atoms with Gasteiger partial charge in [-0.2, -0.15) is 0 Å². The van der Waals surface area contributed by atoms with Crippen molar-refractivity contribution >= 4 is 0 Å². The third-order valence-electron chi connectivity index (χ3n) is 0. The fourth-order valence-electron chi connectivity index (χ4n) is 0. The van der Waals surface area contributed by atoms with Gasteiger partial charge in [0.05, 0.1) is 0 Å². The summed E-state index contributed by atoms with van der Waals surface area (Å²) in [6.45, 7) is 0. The maximum atomic E-state index is 0. The molecule has 0 bridgehead atoms. The van der Waals surface area contributed by atoms with Gasteiger partial charge in [-0.3, -0.25) is 18.8 Å². The van der Waals surface area contributed by atoms with Crippen LogP contribution in [0.3, 0.4) is 0 Å². The number of rotatable bonds is 0. The Bertz CT molecular complexity index is 7.51. The van der Waals surface area contributed by atoms with Crippen molar-refractivity contribution in [2.24, 2.45) is 0 Å². The predicted octanol–water partition coefficient (Wildman–Crippen LogP) is 0.127. The molecule has 0 aliphatic heterocycles. The fraction of sp³-hybridized carbons (Fsp3) is 0. The summed E-state index contributed by atoms with van der Waals surface area (Å²) in [5.74, 6) is 0. The zero-order chi connectivity index (χ0) is 0. The second-order valence-corrected chi connectivity index (χ2v) is 0. The summed E-state index contributed by atoms with van der Waals surface area (Å²) < 4.78 is 0. The van der Waals surface area contributed by atoms with E-state index in [2.05, 4.69) is 0 Å². The van der Waals surface area contributed by atoms with Crippen molar-refractivity contribution in [1.82, 2.24) is 6.15 Å². The van der Waals surface area contributed by atoms with Crippen molar-refractivity contribution in [2.75, 3.05) is 0 Å². The Morgan fingerprint density at radius 2 is 0.500 bits per heavy atom. The molecule has 6 heteroatoms. The summed E-state index contributed by atoms with van der Waals surface area (Å²) in [4.78, 5) is 0. The van der Waals surface area contributed by atoms with E-state index in [1.54, 1.807) is 0 Å². The monoisotopic (exact) mass is 142 g/mol. The minimum Gasteiger partial charge on any atom is -0.269 e. The minimum atomic E-state index is 0. The first-order valence-corrected chi connectivity index (χ1v) is 0. The van der Waals surface area contributed by atoms with Gasteiger partial charge in [-0.15, -0.1) is 0 Å². The third-order valence-corrected chi connectivity index (χ3v) is 0. The molecule has 0 aromatic heterocycles. The fourth-order valence-corrected chi connectivity index (χ4v) is 0. The van der Waals surface area contributed by atoms with E-state index >= 15 is 0 Å². The molecule has 0 aliphatic rings. The van der Waals surface area contributed by atoms with Gasteiger partial charge in [0.2, 0.25) is 0 Å². The van der Waals surface area contributed by atoms with Gasteiger partial charge in [0.25, 0.3) is 0 Å².